The molecule has 35 heavy (non-hydrogen) atoms. The molecule has 3 unspecified atom stereocenters. The van der Waals surface area contributed by atoms with E-state index in [0.717, 1.165) is 32.1 Å². The van der Waals surface area contributed by atoms with E-state index in [1.807, 2.05) is 20.8 Å². The Morgan fingerprint density at radius 1 is 0.686 bits per heavy atom. The van der Waals surface area contributed by atoms with Gasteiger partial charge in [0.2, 0.25) is 0 Å². The minimum Gasteiger partial charge on any atom is -0.120 e. The van der Waals surface area contributed by atoms with Gasteiger partial charge in [-0.1, -0.05) is 85.1 Å². The summed E-state index contributed by atoms with van der Waals surface area (Å²) < 4.78 is 0. The second-order valence-electron chi connectivity index (χ2n) is 8.55. The number of nitrogens with zero attached hydrogens (tertiary/aromatic N) is 9. The van der Waals surface area contributed by atoms with Crippen molar-refractivity contribution in [3.8, 4) is 24.2 Å². The molecule has 0 aromatic heterocycles. The van der Waals surface area contributed by atoms with Crippen molar-refractivity contribution in [3.05, 3.63) is 31.3 Å². The molecule has 0 spiro atoms. The van der Waals surface area contributed by atoms with E-state index < -0.39 is 0 Å². The van der Waals surface area contributed by atoms with Gasteiger partial charge in [-0.3, -0.25) is 0 Å². The number of hydrogen-bond acceptors (Lipinski definition) is 3. The van der Waals surface area contributed by atoms with E-state index in [0.29, 0.717) is 24.2 Å². The molecule has 0 aromatic carbocycles. The number of terminal acetylenes is 1. The van der Waals surface area contributed by atoms with Gasteiger partial charge in [0.15, 0.2) is 0 Å². The van der Waals surface area contributed by atoms with Crippen molar-refractivity contribution >= 4 is 0 Å². The van der Waals surface area contributed by atoms with Crippen molar-refractivity contribution in [2.24, 2.45) is 33.1 Å². The summed E-state index contributed by atoms with van der Waals surface area (Å²) in [7, 11) is 0. The predicted molar refractivity (Wildman–Crippen MR) is 152 cm³/mol. The molecule has 0 heterocycles. The lowest BCUT2D eigenvalue weighted by molar-refractivity contribution is 0.458. The van der Waals surface area contributed by atoms with E-state index in [2.05, 4.69) is 82.5 Å². The maximum Gasteiger partial charge on any atom is 0.0406 e. The zero-order valence-corrected chi connectivity index (χ0v) is 21.8. The molecule has 0 aliphatic carbocycles. The summed E-state index contributed by atoms with van der Waals surface area (Å²) in [6.45, 7) is 16.2. The van der Waals surface area contributed by atoms with Crippen LogP contribution in [0.3, 0.4) is 0 Å². The fourth-order valence-corrected chi connectivity index (χ4v) is 2.64. The van der Waals surface area contributed by atoms with Gasteiger partial charge in [0.1, 0.15) is 0 Å². The second-order valence-corrected chi connectivity index (χ2v) is 8.55. The first kappa shape index (κ1) is 42.2. The third-order valence-corrected chi connectivity index (χ3v) is 4.82. The highest BCUT2D eigenvalue weighted by Crippen LogP contribution is 2.13. The first-order valence-corrected chi connectivity index (χ1v) is 11.6. The summed E-state index contributed by atoms with van der Waals surface area (Å²) in [4.78, 5) is 8.38. The van der Waals surface area contributed by atoms with Crippen molar-refractivity contribution in [1.82, 2.24) is 0 Å². The molecule has 0 saturated carbocycles. The van der Waals surface area contributed by atoms with Crippen LogP contribution in [-0.4, -0.2) is 18.1 Å². The molecule has 0 fully saturated rings. The number of hydrogen-bond donors (Lipinski definition) is 0. The van der Waals surface area contributed by atoms with Gasteiger partial charge in [-0.05, 0) is 60.5 Å². The molecule has 0 bridgehead atoms. The summed E-state index contributed by atoms with van der Waals surface area (Å²) >= 11 is 0. The Kier molecular flexibility index (Phi) is 37.5. The van der Waals surface area contributed by atoms with Gasteiger partial charge in [-0.15, -0.1) is 24.2 Å². The molecular weight excluding hydrogens is 438 g/mol. The highest BCUT2D eigenvalue weighted by atomic mass is 15.2. The third kappa shape index (κ3) is 29.0. The monoisotopic (exact) mass is 489 g/mol. The molecule has 0 rings (SSSR count). The Bertz CT molecular complexity index is 722. The molecule has 0 amide bonds. The lowest BCUT2D eigenvalue weighted by atomic mass is 10.0. The van der Waals surface area contributed by atoms with Gasteiger partial charge >= 0.3 is 0 Å². The molecule has 9 nitrogen and oxygen atoms in total. The minimum atomic E-state index is 0. The number of rotatable bonds is 12. The molecule has 200 valence electrons. The minimum absolute atomic E-state index is 0. The standard InChI is InChI=1S/C9H15N3.C8H13N3.C7H15N3.2CH4/c1-4-5-6-7-9(8(2)3)11-12-10;1-4-5-6-8(7(2)3)10-11-9;1-4-5-7(6(2)3)9-10-8;;/h8-9H,6-7H2,1-3H3;1,7-8H,5-6H2,2-3H3;6-7H,4-5H2,1-3H3;2*1H4. The Balaban J connectivity index is -0.000000125. The normalized spacial score (nSPS) is 11.3. The van der Waals surface area contributed by atoms with E-state index in [1.54, 1.807) is 0 Å². The SMILES string of the molecule is C.C.C#CCCC(N=[N+]=[N-])C(C)C.CC#CCCC(N=[N+]=[N-])C(C)C.CCCC(N=[N+]=[N-])C(C)C. The number of azide groups is 3. The van der Waals surface area contributed by atoms with Crippen LogP contribution in [0.15, 0.2) is 15.3 Å². The maximum atomic E-state index is 8.26. The molecular formula is C26H51N9. The average molecular weight is 490 g/mol. The van der Waals surface area contributed by atoms with Crippen LogP contribution in [-0.2, 0) is 0 Å². The smallest absolute Gasteiger partial charge is 0.0406 e. The van der Waals surface area contributed by atoms with E-state index in [1.165, 1.54) is 0 Å². The van der Waals surface area contributed by atoms with Crippen LogP contribution >= 0.6 is 0 Å². The summed E-state index contributed by atoms with van der Waals surface area (Å²) in [6.07, 6.45) is 10.3. The Hall–Kier alpha value is -2.95. The molecule has 0 aliphatic heterocycles. The average Bonchev–Trinajstić information content (AvgIpc) is 2.76. The summed E-state index contributed by atoms with van der Waals surface area (Å²) in [5.74, 6) is 9.55. The van der Waals surface area contributed by atoms with Crippen molar-refractivity contribution in [2.45, 2.75) is 127 Å². The van der Waals surface area contributed by atoms with Gasteiger partial charge in [0.25, 0.3) is 0 Å². The van der Waals surface area contributed by atoms with Gasteiger partial charge in [-0.25, -0.2) is 0 Å². The topological polar surface area (TPSA) is 146 Å². The lowest BCUT2D eigenvalue weighted by Crippen LogP contribution is -2.11. The van der Waals surface area contributed by atoms with Crippen LogP contribution in [0.4, 0.5) is 0 Å². The summed E-state index contributed by atoms with van der Waals surface area (Å²) in [5.41, 5.74) is 24.6. The fraction of sp³-hybridized carbons (Fsp3) is 0.846. The van der Waals surface area contributed by atoms with Crippen molar-refractivity contribution in [1.29, 1.82) is 0 Å². The van der Waals surface area contributed by atoms with Crippen molar-refractivity contribution in [2.75, 3.05) is 0 Å². The molecule has 9 heteroatoms. The van der Waals surface area contributed by atoms with Gasteiger partial charge < -0.3 is 0 Å². The Morgan fingerprint density at radius 3 is 1.29 bits per heavy atom. The molecule has 0 aliphatic rings. The van der Waals surface area contributed by atoms with Gasteiger partial charge in [0.05, 0.1) is 0 Å². The Morgan fingerprint density at radius 2 is 1.03 bits per heavy atom. The summed E-state index contributed by atoms with van der Waals surface area (Å²) in [6, 6.07) is 0.335. The van der Waals surface area contributed by atoms with Gasteiger partial charge in [-0.2, -0.15) is 0 Å². The predicted octanol–water partition coefficient (Wildman–Crippen LogP) is 10.3. The zero-order valence-electron chi connectivity index (χ0n) is 21.8. The van der Waals surface area contributed by atoms with Crippen molar-refractivity contribution in [3.63, 3.8) is 0 Å². The molecule has 3 atom stereocenters. The Labute approximate surface area is 215 Å². The quantitative estimate of drug-likeness (QED) is 0.111. The molecule has 0 radical (unpaired) electrons. The van der Waals surface area contributed by atoms with Crippen LogP contribution in [0.25, 0.3) is 31.3 Å². The van der Waals surface area contributed by atoms with E-state index in [4.69, 9.17) is 23.0 Å². The van der Waals surface area contributed by atoms with E-state index in [9.17, 15) is 0 Å². The lowest BCUT2D eigenvalue weighted by Gasteiger charge is -2.12. The van der Waals surface area contributed by atoms with Crippen molar-refractivity contribution < 1.29 is 0 Å². The highest BCUT2D eigenvalue weighted by molar-refractivity contribution is 4.95. The molecule has 0 saturated heterocycles. The first-order valence-electron chi connectivity index (χ1n) is 11.6. The fourth-order valence-electron chi connectivity index (χ4n) is 2.64. The summed E-state index contributed by atoms with van der Waals surface area (Å²) in [5, 5.41) is 11.0. The van der Waals surface area contributed by atoms with Crippen LogP contribution in [0.5, 0.6) is 0 Å². The van der Waals surface area contributed by atoms with Crippen LogP contribution in [0.2, 0.25) is 0 Å². The molecule has 0 N–H and O–H groups in total. The largest absolute Gasteiger partial charge is 0.120 e. The van der Waals surface area contributed by atoms with Crippen LogP contribution in [0.1, 0.15) is 109 Å². The van der Waals surface area contributed by atoms with Crippen LogP contribution < -0.4 is 0 Å². The van der Waals surface area contributed by atoms with Crippen LogP contribution in [0, 0.1) is 41.9 Å². The first-order chi connectivity index (χ1) is 15.7. The highest BCUT2D eigenvalue weighted by Gasteiger charge is 2.10. The van der Waals surface area contributed by atoms with Gasteiger partial charge in [0, 0.05) is 45.7 Å². The van der Waals surface area contributed by atoms with E-state index in [-0.39, 0.29) is 33.0 Å². The third-order valence-electron chi connectivity index (χ3n) is 4.82. The molecule has 0 aromatic rings. The maximum absolute atomic E-state index is 8.26. The zero-order chi connectivity index (χ0) is 26.1. The van der Waals surface area contributed by atoms with E-state index >= 15 is 0 Å². The second kappa shape index (κ2) is 31.0.